The van der Waals surface area contributed by atoms with Crippen molar-refractivity contribution in [2.24, 2.45) is 0 Å². The first-order chi connectivity index (χ1) is 14.5. The minimum Gasteiger partial charge on any atom is -0.497 e. The molecule has 1 heterocycles. The third-order valence-electron chi connectivity index (χ3n) is 3.96. The maximum absolute atomic E-state index is 12.2. The van der Waals surface area contributed by atoms with Gasteiger partial charge in [-0.3, -0.25) is 4.79 Å². The number of anilines is 1. The van der Waals surface area contributed by atoms with Crippen LogP contribution in [0.15, 0.2) is 52.1 Å². The van der Waals surface area contributed by atoms with Crippen LogP contribution in [-0.4, -0.2) is 49.2 Å². The number of carbonyl (C=O) groups is 2. The molecule has 0 unspecified atom stereocenters. The van der Waals surface area contributed by atoms with Gasteiger partial charge >= 0.3 is 5.97 Å². The number of nitrogens with one attached hydrogen (secondary N) is 1. The van der Waals surface area contributed by atoms with Crippen LogP contribution >= 0.6 is 11.8 Å². The lowest BCUT2D eigenvalue weighted by Crippen LogP contribution is -2.14. The van der Waals surface area contributed by atoms with E-state index in [4.69, 9.17) is 13.9 Å². The molecule has 0 bridgehead atoms. The molecule has 0 aliphatic heterocycles. The molecule has 2 aromatic carbocycles. The van der Waals surface area contributed by atoms with Crippen LogP contribution in [0.1, 0.15) is 10.4 Å². The highest BCUT2D eigenvalue weighted by Gasteiger charge is 2.16. The first-order valence-electron chi connectivity index (χ1n) is 8.71. The number of methoxy groups -OCH3 is 3. The number of nitrogens with zero attached hydrogens (tertiary/aromatic N) is 2. The molecule has 3 aromatic rings. The molecular formula is C20H19N3O6S. The Balaban J connectivity index is 1.60. The number of ether oxygens (including phenoxy) is 3. The second-order valence-corrected chi connectivity index (χ2v) is 6.77. The summed E-state index contributed by atoms with van der Waals surface area (Å²) in [6.07, 6.45) is 0. The van der Waals surface area contributed by atoms with Crippen molar-refractivity contribution < 1.29 is 28.2 Å². The molecule has 0 fully saturated rings. The van der Waals surface area contributed by atoms with Crippen molar-refractivity contribution in [2.45, 2.75) is 5.22 Å². The van der Waals surface area contributed by atoms with E-state index in [-0.39, 0.29) is 22.8 Å². The lowest BCUT2D eigenvalue weighted by molar-refractivity contribution is -0.113. The summed E-state index contributed by atoms with van der Waals surface area (Å²) in [6, 6.07) is 11.6. The number of hydrogen-bond acceptors (Lipinski definition) is 9. The van der Waals surface area contributed by atoms with Gasteiger partial charge in [-0.05, 0) is 42.5 Å². The van der Waals surface area contributed by atoms with E-state index in [2.05, 4.69) is 20.3 Å². The zero-order valence-electron chi connectivity index (χ0n) is 16.5. The van der Waals surface area contributed by atoms with Crippen LogP contribution in [0, 0.1) is 0 Å². The maximum Gasteiger partial charge on any atom is 0.337 e. The summed E-state index contributed by atoms with van der Waals surface area (Å²) in [4.78, 5) is 23.6. The van der Waals surface area contributed by atoms with Gasteiger partial charge in [0.05, 0.1) is 38.2 Å². The second-order valence-electron chi connectivity index (χ2n) is 5.85. The van der Waals surface area contributed by atoms with Crippen LogP contribution in [0.3, 0.4) is 0 Å². The molecule has 1 N–H and O–H groups in total. The Kier molecular flexibility index (Phi) is 6.91. The molecule has 0 atom stereocenters. The smallest absolute Gasteiger partial charge is 0.337 e. The number of amides is 1. The van der Waals surface area contributed by atoms with E-state index in [1.807, 2.05) is 0 Å². The highest BCUT2D eigenvalue weighted by Crippen LogP contribution is 2.33. The summed E-state index contributed by atoms with van der Waals surface area (Å²) in [6.45, 7) is 0. The SMILES string of the molecule is COC(=O)c1ccc(NC(=O)CSc2nnc(-c3cc(OC)ccc3OC)o2)cc1. The van der Waals surface area contributed by atoms with Crippen molar-refractivity contribution in [1.82, 2.24) is 10.2 Å². The average Bonchev–Trinajstić information content (AvgIpc) is 3.26. The fraction of sp³-hybridized carbons (Fsp3) is 0.200. The molecule has 0 aliphatic carbocycles. The van der Waals surface area contributed by atoms with Gasteiger partial charge in [0, 0.05) is 5.69 Å². The Morgan fingerprint density at radius 3 is 2.47 bits per heavy atom. The Bertz CT molecular complexity index is 1040. The fourth-order valence-corrected chi connectivity index (χ4v) is 3.05. The van der Waals surface area contributed by atoms with E-state index in [0.717, 1.165) is 11.8 Å². The number of thioether (sulfide) groups is 1. The largest absolute Gasteiger partial charge is 0.497 e. The summed E-state index contributed by atoms with van der Waals surface area (Å²) in [5.74, 6) is 0.801. The highest BCUT2D eigenvalue weighted by molar-refractivity contribution is 7.99. The van der Waals surface area contributed by atoms with Crippen LogP contribution in [0.25, 0.3) is 11.5 Å². The third-order valence-corrected chi connectivity index (χ3v) is 4.78. The van der Waals surface area contributed by atoms with Gasteiger partial charge in [0.15, 0.2) is 0 Å². The predicted octanol–water partition coefficient (Wildman–Crippen LogP) is 3.27. The molecule has 1 amide bonds. The Hall–Kier alpha value is -3.53. The molecule has 9 nitrogen and oxygen atoms in total. The number of carbonyl (C=O) groups excluding carboxylic acids is 2. The molecule has 156 valence electrons. The molecule has 0 radical (unpaired) electrons. The third kappa shape index (κ3) is 5.09. The van der Waals surface area contributed by atoms with Gasteiger partial charge in [0.25, 0.3) is 11.1 Å². The molecule has 10 heteroatoms. The minimum absolute atomic E-state index is 0.0651. The highest BCUT2D eigenvalue weighted by atomic mass is 32.2. The molecule has 30 heavy (non-hydrogen) atoms. The van der Waals surface area contributed by atoms with Crippen LogP contribution in [0.5, 0.6) is 11.5 Å². The van der Waals surface area contributed by atoms with E-state index in [9.17, 15) is 9.59 Å². The monoisotopic (exact) mass is 429 g/mol. The van der Waals surface area contributed by atoms with E-state index < -0.39 is 5.97 Å². The van der Waals surface area contributed by atoms with Crippen molar-refractivity contribution >= 4 is 29.3 Å². The van der Waals surface area contributed by atoms with Crippen molar-refractivity contribution in [3.63, 3.8) is 0 Å². The summed E-state index contributed by atoms with van der Waals surface area (Å²) < 4.78 is 20.8. The first-order valence-corrected chi connectivity index (χ1v) is 9.69. The van der Waals surface area contributed by atoms with Crippen molar-refractivity contribution in [2.75, 3.05) is 32.4 Å². The molecule has 0 saturated carbocycles. The van der Waals surface area contributed by atoms with Crippen molar-refractivity contribution in [3.8, 4) is 23.0 Å². The summed E-state index contributed by atoms with van der Waals surface area (Å²) >= 11 is 1.10. The van der Waals surface area contributed by atoms with Gasteiger partial charge in [-0.25, -0.2) is 4.79 Å². The van der Waals surface area contributed by atoms with Gasteiger partial charge in [-0.15, -0.1) is 10.2 Å². The number of rotatable bonds is 8. The van der Waals surface area contributed by atoms with Crippen molar-refractivity contribution in [1.29, 1.82) is 0 Å². The Labute approximate surface area is 176 Å². The lowest BCUT2D eigenvalue weighted by atomic mass is 10.2. The van der Waals surface area contributed by atoms with Crippen LogP contribution < -0.4 is 14.8 Å². The first kappa shape index (κ1) is 21.2. The number of esters is 1. The molecule has 0 spiro atoms. The van der Waals surface area contributed by atoms with Gasteiger partial charge in [-0.1, -0.05) is 11.8 Å². The molecular weight excluding hydrogens is 410 g/mol. The number of hydrogen-bond donors (Lipinski definition) is 1. The van der Waals surface area contributed by atoms with Crippen LogP contribution in [0.2, 0.25) is 0 Å². The minimum atomic E-state index is -0.441. The zero-order valence-corrected chi connectivity index (χ0v) is 17.3. The standard InChI is InChI=1S/C20H19N3O6S/c1-26-14-8-9-16(27-2)15(10-14)18-22-23-20(29-18)30-11-17(24)21-13-6-4-12(5-7-13)19(25)28-3/h4-10H,11H2,1-3H3,(H,21,24). The Morgan fingerprint density at radius 1 is 1.03 bits per heavy atom. The van der Waals surface area contributed by atoms with Gasteiger partial charge < -0.3 is 23.9 Å². The molecule has 3 rings (SSSR count). The van der Waals surface area contributed by atoms with E-state index in [1.54, 1.807) is 56.7 Å². The normalized spacial score (nSPS) is 10.4. The average molecular weight is 429 g/mol. The maximum atomic E-state index is 12.2. The van der Waals surface area contributed by atoms with Crippen molar-refractivity contribution in [3.05, 3.63) is 48.0 Å². The predicted molar refractivity (Wildman–Crippen MR) is 110 cm³/mol. The zero-order chi connectivity index (χ0) is 21.5. The lowest BCUT2D eigenvalue weighted by Gasteiger charge is -2.07. The van der Waals surface area contributed by atoms with E-state index in [0.29, 0.717) is 28.3 Å². The summed E-state index contributed by atoms with van der Waals surface area (Å²) in [7, 11) is 4.41. The topological polar surface area (TPSA) is 113 Å². The second kappa shape index (κ2) is 9.79. The van der Waals surface area contributed by atoms with Gasteiger partial charge in [0.1, 0.15) is 11.5 Å². The molecule has 1 aromatic heterocycles. The fourth-order valence-electron chi connectivity index (χ4n) is 2.49. The summed E-state index contributed by atoms with van der Waals surface area (Å²) in [5, 5.41) is 11.0. The molecule has 0 aliphatic rings. The van der Waals surface area contributed by atoms with E-state index in [1.165, 1.54) is 7.11 Å². The van der Waals surface area contributed by atoms with Gasteiger partial charge in [-0.2, -0.15) is 0 Å². The van der Waals surface area contributed by atoms with Gasteiger partial charge in [0.2, 0.25) is 5.91 Å². The van der Waals surface area contributed by atoms with Crippen LogP contribution in [0.4, 0.5) is 5.69 Å². The summed E-state index contributed by atoms with van der Waals surface area (Å²) in [5.41, 5.74) is 1.54. The van der Waals surface area contributed by atoms with Crippen LogP contribution in [-0.2, 0) is 9.53 Å². The quantitative estimate of drug-likeness (QED) is 0.426. The van der Waals surface area contributed by atoms with E-state index >= 15 is 0 Å². The number of benzene rings is 2. The Morgan fingerprint density at radius 2 is 1.80 bits per heavy atom. The molecule has 0 saturated heterocycles. The number of aromatic nitrogens is 2.